The van der Waals surface area contributed by atoms with Gasteiger partial charge in [-0.15, -0.1) is 0 Å². The van der Waals surface area contributed by atoms with Crippen LogP contribution in [0.1, 0.15) is 11.6 Å². The molecule has 10 heteroatoms. The lowest BCUT2D eigenvalue weighted by atomic mass is 10.2. The number of nitrogens with zero attached hydrogens (tertiary/aromatic N) is 2. The normalized spacial score (nSPS) is 12.0. The van der Waals surface area contributed by atoms with Crippen molar-refractivity contribution in [2.45, 2.75) is 4.90 Å². The van der Waals surface area contributed by atoms with E-state index in [0.717, 1.165) is 0 Å². The highest BCUT2D eigenvalue weighted by molar-refractivity contribution is 7.89. The van der Waals surface area contributed by atoms with Gasteiger partial charge in [0.1, 0.15) is 23.3 Å². The number of nitrogens with one attached hydrogen (secondary N) is 1. The van der Waals surface area contributed by atoms with Crippen LogP contribution in [0.2, 0.25) is 0 Å². The first-order valence-corrected chi connectivity index (χ1v) is 10.8. The first kappa shape index (κ1) is 21.0. The molecule has 0 radical (unpaired) electrons. The van der Waals surface area contributed by atoms with E-state index in [1.54, 1.807) is 42.5 Å². The summed E-state index contributed by atoms with van der Waals surface area (Å²) in [5, 5.41) is 15.1. The first-order valence-electron chi connectivity index (χ1n) is 9.22. The van der Waals surface area contributed by atoms with Gasteiger partial charge in [-0.2, -0.15) is 5.26 Å². The molecule has 32 heavy (non-hydrogen) atoms. The summed E-state index contributed by atoms with van der Waals surface area (Å²) in [4.78, 5) is 19.4. The lowest BCUT2D eigenvalue weighted by Gasteiger charge is -2.04. The van der Waals surface area contributed by atoms with Crippen LogP contribution < -0.4 is 15.4 Å². The van der Waals surface area contributed by atoms with Gasteiger partial charge in [0, 0.05) is 11.6 Å². The molecule has 9 nitrogen and oxygen atoms in total. The number of primary sulfonamides is 1. The van der Waals surface area contributed by atoms with Gasteiger partial charge >= 0.3 is 0 Å². The number of H-pyrrole nitrogens is 1. The molecule has 0 fully saturated rings. The summed E-state index contributed by atoms with van der Waals surface area (Å²) in [6.45, 7) is 0. The second-order valence-electron chi connectivity index (χ2n) is 6.74. The van der Waals surface area contributed by atoms with Crippen molar-refractivity contribution in [1.82, 2.24) is 9.97 Å². The average Bonchev–Trinajstić information content (AvgIpc) is 3.25. The Morgan fingerprint density at radius 1 is 1.19 bits per heavy atom. The molecule has 0 amide bonds. The number of methoxy groups -OCH3 is 1. The first-order chi connectivity index (χ1) is 15.3. The third kappa shape index (κ3) is 4.15. The number of aromatic amines is 1. The van der Waals surface area contributed by atoms with Crippen LogP contribution in [0, 0.1) is 11.3 Å². The maximum atomic E-state index is 12.5. The van der Waals surface area contributed by atoms with Gasteiger partial charge in [-0.25, -0.2) is 18.5 Å². The summed E-state index contributed by atoms with van der Waals surface area (Å²) < 4.78 is 33.7. The highest BCUT2D eigenvalue weighted by atomic mass is 32.2. The van der Waals surface area contributed by atoms with E-state index in [4.69, 9.17) is 14.3 Å². The van der Waals surface area contributed by atoms with Gasteiger partial charge in [0.15, 0.2) is 5.82 Å². The van der Waals surface area contributed by atoms with E-state index in [9.17, 15) is 18.5 Å². The van der Waals surface area contributed by atoms with Crippen molar-refractivity contribution >= 4 is 32.6 Å². The average molecular weight is 448 g/mol. The lowest BCUT2D eigenvalue weighted by molar-refractivity contribution is 0.415. The second-order valence-corrected chi connectivity index (χ2v) is 8.30. The van der Waals surface area contributed by atoms with Gasteiger partial charge in [0.25, 0.3) is 5.56 Å². The van der Waals surface area contributed by atoms with E-state index in [-0.39, 0.29) is 16.3 Å². The minimum Gasteiger partial charge on any atom is -0.497 e. The molecule has 0 aliphatic rings. The zero-order valence-electron chi connectivity index (χ0n) is 16.7. The number of ether oxygens (including phenoxy) is 1. The third-order valence-electron chi connectivity index (χ3n) is 4.67. The van der Waals surface area contributed by atoms with Crippen molar-refractivity contribution < 1.29 is 17.6 Å². The van der Waals surface area contributed by atoms with Crippen molar-refractivity contribution in [1.29, 1.82) is 5.26 Å². The lowest BCUT2D eigenvalue weighted by Crippen LogP contribution is -2.11. The van der Waals surface area contributed by atoms with Crippen LogP contribution in [0.3, 0.4) is 0 Å². The molecule has 0 atom stereocenters. The van der Waals surface area contributed by atoms with E-state index in [2.05, 4.69) is 9.97 Å². The molecule has 2 aromatic heterocycles. The molecule has 3 N–H and O–H groups in total. The van der Waals surface area contributed by atoms with Gasteiger partial charge < -0.3 is 14.1 Å². The number of sulfonamides is 1. The standard InChI is InChI=1S/C22H16N4O5S/c1-30-15-4-8-19-18(11-15)22(27)26-21(25-19)14(12-23)10-16-5-9-20(31-16)13-2-6-17(7-3-13)32(24,28)29/h2-11H,1H3,(H2,24,28,29)(H,25,26,27). The number of aromatic nitrogens is 2. The van der Waals surface area contributed by atoms with E-state index in [1.165, 1.54) is 25.3 Å². The van der Waals surface area contributed by atoms with Crippen LogP contribution >= 0.6 is 0 Å². The number of furan rings is 1. The number of allylic oxidation sites excluding steroid dienone is 1. The monoisotopic (exact) mass is 448 g/mol. The van der Waals surface area contributed by atoms with E-state index < -0.39 is 15.6 Å². The summed E-state index contributed by atoms with van der Waals surface area (Å²) in [6.07, 6.45) is 1.45. The number of benzene rings is 2. The number of rotatable bonds is 5. The molecule has 0 unspecified atom stereocenters. The molecule has 2 heterocycles. The fourth-order valence-corrected chi connectivity index (χ4v) is 3.58. The Balaban J connectivity index is 1.68. The van der Waals surface area contributed by atoms with Crippen LogP contribution in [-0.4, -0.2) is 25.5 Å². The smallest absolute Gasteiger partial charge is 0.259 e. The topological polar surface area (TPSA) is 152 Å². The van der Waals surface area contributed by atoms with E-state index >= 15 is 0 Å². The van der Waals surface area contributed by atoms with Crippen LogP contribution in [-0.2, 0) is 10.0 Å². The van der Waals surface area contributed by atoms with Crippen LogP contribution in [0.15, 0.2) is 68.7 Å². The second kappa shape index (κ2) is 8.14. The van der Waals surface area contributed by atoms with Crippen LogP contribution in [0.5, 0.6) is 5.75 Å². The Morgan fingerprint density at radius 3 is 2.59 bits per heavy atom. The van der Waals surface area contributed by atoms with Gasteiger partial charge in [0.2, 0.25) is 10.0 Å². The number of hydrogen-bond acceptors (Lipinski definition) is 7. The Bertz CT molecular complexity index is 1560. The Labute approximate surface area is 182 Å². The fraction of sp³-hybridized carbons (Fsp3) is 0.0455. The zero-order valence-corrected chi connectivity index (χ0v) is 17.5. The fourth-order valence-electron chi connectivity index (χ4n) is 3.06. The van der Waals surface area contributed by atoms with Crippen molar-refractivity contribution in [3.63, 3.8) is 0 Å². The number of fused-ring (bicyclic) bond motifs is 1. The van der Waals surface area contributed by atoms with Crippen molar-refractivity contribution in [2.24, 2.45) is 5.14 Å². The summed E-state index contributed by atoms with van der Waals surface area (Å²) >= 11 is 0. The van der Waals surface area contributed by atoms with Crippen molar-refractivity contribution in [2.75, 3.05) is 7.11 Å². The van der Waals surface area contributed by atoms with Crippen molar-refractivity contribution in [3.8, 4) is 23.1 Å². The van der Waals surface area contributed by atoms with Gasteiger partial charge in [0.05, 0.1) is 28.5 Å². The number of nitrogens with two attached hydrogens (primary N) is 1. The van der Waals surface area contributed by atoms with Gasteiger partial charge in [-0.05, 0) is 54.6 Å². The predicted molar refractivity (Wildman–Crippen MR) is 118 cm³/mol. The number of hydrogen-bond donors (Lipinski definition) is 2. The predicted octanol–water partition coefficient (Wildman–Crippen LogP) is 2.90. The molecular weight excluding hydrogens is 432 g/mol. The van der Waals surface area contributed by atoms with Crippen LogP contribution in [0.4, 0.5) is 0 Å². The summed E-state index contributed by atoms with van der Waals surface area (Å²) in [6, 6.07) is 16.1. The molecule has 160 valence electrons. The molecule has 0 saturated carbocycles. The molecule has 0 bridgehead atoms. The molecule has 0 aliphatic heterocycles. The van der Waals surface area contributed by atoms with Gasteiger partial charge in [-0.3, -0.25) is 4.79 Å². The Morgan fingerprint density at radius 2 is 1.94 bits per heavy atom. The van der Waals surface area contributed by atoms with E-state index in [1.807, 2.05) is 6.07 Å². The molecule has 0 spiro atoms. The maximum absolute atomic E-state index is 12.5. The van der Waals surface area contributed by atoms with Gasteiger partial charge in [-0.1, -0.05) is 0 Å². The third-order valence-corrected chi connectivity index (χ3v) is 5.60. The minimum atomic E-state index is -3.79. The largest absolute Gasteiger partial charge is 0.497 e. The molecule has 4 rings (SSSR count). The molecule has 4 aromatic rings. The maximum Gasteiger partial charge on any atom is 0.259 e. The van der Waals surface area contributed by atoms with E-state index in [0.29, 0.717) is 33.7 Å². The quantitative estimate of drug-likeness (QED) is 0.445. The number of nitriles is 1. The zero-order chi connectivity index (χ0) is 22.9. The molecule has 0 aliphatic carbocycles. The highest BCUT2D eigenvalue weighted by Crippen LogP contribution is 2.26. The summed E-state index contributed by atoms with van der Waals surface area (Å²) in [5.41, 5.74) is 0.743. The summed E-state index contributed by atoms with van der Waals surface area (Å²) in [7, 11) is -2.29. The SMILES string of the molecule is COc1ccc2nc(C(C#N)=Cc3ccc(-c4ccc(S(N)(=O)=O)cc4)o3)[nH]c(=O)c2c1. The minimum absolute atomic E-state index is 0.0105. The highest BCUT2D eigenvalue weighted by Gasteiger charge is 2.12. The summed E-state index contributed by atoms with van der Waals surface area (Å²) in [5.74, 6) is 1.44. The van der Waals surface area contributed by atoms with Crippen molar-refractivity contribution in [3.05, 3.63) is 76.5 Å². The van der Waals surface area contributed by atoms with Crippen LogP contribution in [0.25, 0.3) is 33.9 Å². The molecule has 0 saturated heterocycles. The molecular formula is C22H16N4O5S. The Kier molecular flexibility index (Phi) is 5.36. The molecule has 2 aromatic carbocycles. The Hall–Kier alpha value is -4.20.